The lowest BCUT2D eigenvalue weighted by molar-refractivity contribution is -0.120. The van der Waals surface area contributed by atoms with E-state index in [1.54, 1.807) is 10.6 Å². The minimum atomic E-state index is -3.48. The molecule has 2 aliphatic rings. The maximum atomic E-state index is 13.0. The number of nitrogens with zero attached hydrogens (tertiary/aromatic N) is 3. The van der Waals surface area contributed by atoms with Crippen molar-refractivity contribution in [3.8, 4) is 0 Å². The summed E-state index contributed by atoms with van der Waals surface area (Å²) in [4.78, 5) is 22.6. The zero-order valence-corrected chi connectivity index (χ0v) is 22.1. The number of carbonyl (C=O) groups excluding carboxylic acids is 1. The van der Waals surface area contributed by atoms with Crippen LogP contribution < -0.4 is 10.2 Å². The van der Waals surface area contributed by atoms with Gasteiger partial charge in [-0.2, -0.15) is 4.31 Å². The van der Waals surface area contributed by atoms with Crippen LogP contribution in [-0.2, 0) is 34.3 Å². The molecule has 196 valence electrons. The molecule has 0 saturated heterocycles. The molecule has 37 heavy (non-hydrogen) atoms. The number of amides is 1. The van der Waals surface area contributed by atoms with Crippen molar-refractivity contribution in [2.75, 3.05) is 23.0 Å². The summed E-state index contributed by atoms with van der Waals surface area (Å²) in [6, 6.07) is 15.6. The minimum absolute atomic E-state index is 0.0590. The predicted molar refractivity (Wildman–Crippen MR) is 146 cm³/mol. The number of benzene rings is 2. The van der Waals surface area contributed by atoms with E-state index >= 15 is 0 Å². The lowest BCUT2D eigenvalue weighted by Crippen LogP contribution is -2.45. The summed E-state index contributed by atoms with van der Waals surface area (Å²) in [6.07, 6.45) is 10.7. The smallest absolute Gasteiger partial charge is 0.227 e. The van der Waals surface area contributed by atoms with Gasteiger partial charge in [-0.05, 0) is 42.5 Å². The fourth-order valence-corrected chi connectivity index (χ4v) is 6.64. The van der Waals surface area contributed by atoms with Crippen LogP contribution in [0.25, 0.3) is 0 Å². The van der Waals surface area contributed by atoms with Crippen LogP contribution in [0, 0.1) is 5.92 Å². The second kappa shape index (κ2) is 11.1. The van der Waals surface area contributed by atoms with E-state index in [-0.39, 0.29) is 24.4 Å². The van der Waals surface area contributed by atoms with Crippen LogP contribution >= 0.6 is 0 Å². The zero-order valence-electron chi connectivity index (χ0n) is 21.3. The molecule has 1 aliphatic carbocycles. The van der Waals surface area contributed by atoms with E-state index < -0.39 is 10.0 Å². The maximum absolute atomic E-state index is 13.0. The third-order valence-electron chi connectivity index (χ3n) is 7.48. The van der Waals surface area contributed by atoms with Crippen molar-refractivity contribution in [1.29, 1.82) is 0 Å². The highest BCUT2D eigenvalue weighted by molar-refractivity contribution is 7.88. The molecule has 1 saturated carbocycles. The van der Waals surface area contributed by atoms with Crippen molar-refractivity contribution in [2.24, 2.45) is 5.92 Å². The summed E-state index contributed by atoms with van der Waals surface area (Å²) in [5.41, 5.74) is 4.54. The van der Waals surface area contributed by atoms with E-state index in [9.17, 15) is 13.2 Å². The number of nitrogens with one attached hydrogen (secondary N) is 2. The van der Waals surface area contributed by atoms with E-state index in [1.807, 2.05) is 54.7 Å². The van der Waals surface area contributed by atoms with Gasteiger partial charge >= 0.3 is 0 Å². The number of anilines is 2. The Bertz CT molecular complexity index is 1300. The van der Waals surface area contributed by atoms with E-state index in [4.69, 9.17) is 0 Å². The molecule has 2 heterocycles. The lowest BCUT2D eigenvalue weighted by atomic mass is 9.88. The Labute approximate surface area is 219 Å². The Balaban J connectivity index is 1.48. The summed E-state index contributed by atoms with van der Waals surface area (Å²) in [5.74, 6) is 0.135. The molecule has 0 spiro atoms. The van der Waals surface area contributed by atoms with Gasteiger partial charge in [0.2, 0.25) is 15.9 Å². The highest BCUT2D eigenvalue weighted by Gasteiger charge is 2.34. The maximum Gasteiger partial charge on any atom is 0.227 e. The number of aromatic amines is 1. The van der Waals surface area contributed by atoms with Gasteiger partial charge in [-0.25, -0.2) is 13.4 Å². The van der Waals surface area contributed by atoms with E-state index in [0.29, 0.717) is 19.5 Å². The van der Waals surface area contributed by atoms with Crippen LogP contribution in [0.5, 0.6) is 0 Å². The first-order valence-corrected chi connectivity index (χ1v) is 14.9. The van der Waals surface area contributed by atoms with E-state index in [2.05, 4.69) is 20.2 Å². The standard InChI is InChI=1S/C28H35N5O3S/c1-37(35,36)33-17-23-12-13-24(31-28(34)22-10-6-3-7-11-22)15-27(23)32(18-25-16-29-20-30-25)19-26(33)14-21-8-4-2-5-9-21/h2,4-5,8-9,12-13,15-16,20,22,26H,3,6-7,10-11,14,17-19H2,1H3,(H,29,30)(H,31,34). The number of H-pyrrole nitrogens is 1. The van der Waals surface area contributed by atoms with Crippen LogP contribution in [0.2, 0.25) is 0 Å². The van der Waals surface area contributed by atoms with Gasteiger partial charge in [-0.1, -0.05) is 55.7 Å². The number of hydrogen-bond acceptors (Lipinski definition) is 5. The summed E-state index contributed by atoms with van der Waals surface area (Å²) >= 11 is 0. The molecule has 1 amide bonds. The van der Waals surface area contributed by atoms with Crippen molar-refractivity contribution >= 4 is 27.3 Å². The number of hydrogen-bond donors (Lipinski definition) is 2. The van der Waals surface area contributed by atoms with Gasteiger partial charge in [0, 0.05) is 42.6 Å². The molecule has 2 N–H and O–H groups in total. The summed E-state index contributed by atoms with van der Waals surface area (Å²) in [7, 11) is -3.48. The second-order valence-electron chi connectivity index (χ2n) is 10.3. The van der Waals surface area contributed by atoms with Gasteiger partial charge in [0.25, 0.3) is 0 Å². The number of fused-ring (bicyclic) bond motifs is 1. The van der Waals surface area contributed by atoms with Crippen LogP contribution in [0.3, 0.4) is 0 Å². The van der Waals surface area contributed by atoms with Gasteiger partial charge in [0.05, 0.1) is 24.8 Å². The normalized spacial score (nSPS) is 19.3. The Morgan fingerprint density at radius 2 is 1.89 bits per heavy atom. The first kappa shape index (κ1) is 25.5. The fraction of sp³-hybridized carbons (Fsp3) is 0.429. The largest absolute Gasteiger partial charge is 0.364 e. The average Bonchev–Trinajstić information content (AvgIpc) is 3.35. The number of carbonyl (C=O) groups is 1. The predicted octanol–water partition coefficient (Wildman–Crippen LogP) is 4.32. The molecule has 2 aromatic carbocycles. The summed E-state index contributed by atoms with van der Waals surface area (Å²) in [6.45, 7) is 1.31. The van der Waals surface area contributed by atoms with Crippen molar-refractivity contribution in [1.82, 2.24) is 14.3 Å². The molecule has 1 atom stereocenters. The average molecular weight is 522 g/mol. The van der Waals surface area contributed by atoms with Gasteiger partial charge in [-0.3, -0.25) is 4.79 Å². The van der Waals surface area contributed by atoms with Crippen molar-refractivity contribution < 1.29 is 13.2 Å². The zero-order chi connectivity index (χ0) is 25.8. The number of rotatable bonds is 7. The lowest BCUT2D eigenvalue weighted by Gasteiger charge is -2.31. The molecule has 3 aromatic rings. The highest BCUT2D eigenvalue weighted by Crippen LogP contribution is 2.34. The Morgan fingerprint density at radius 3 is 2.59 bits per heavy atom. The number of sulfonamides is 1. The minimum Gasteiger partial charge on any atom is -0.364 e. The van der Waals surface area contributed by atoms with Gasteiger partial charge < -0.3 is 15.2 Å². The molecule has 1 fully saturated rings. The molecular formula is C28H35N5O3S. The molecule has 1 aromatic heterocycles. The molecule has 0 radical (unpaired) electrons. The van der Waals surface area contributed by atoms with Crippen LogP contribution in [0.15, 0.2) is 61.1 Å². The van der Waals surface area contributed by atoms with Crippen molar-refractivity contribution in [3.05, 3.63) is 77.9 Å². The van der Waals surface area contributed by atoms with Crippen molar-refractivity contribution in [3.63, 3.8) is 0 Å². The topological polar surface area (TPSA) is 98.4 Å². The van der Waals surface area contributed by atoms with Crippen LogP contribution in [0.4, 0.5) is 11.4 Å². The monoisotopic (exact) mass is 521 g/mol. The third kappa shape index (κ3) is 6.22. The first-order chi connectivity index (χ1) is 17.9. The second-order valence-corrected chi connectivity index (χ2v) is 12.2. The van der Waals surface area contributed by atoms with Crippen LogP contribution in [-0.4, -0.2) is 47.4 Å². The van der Waals surface area contributed by atoms with E-state index in [0.717, 1.165) is 53.9 Å². The van der Waals surface area contributed by atoms with Gasteiger partial charge in [0.15, 0.2) is 0 Å². The first-order valence-electron chi connectivity index (χ1n) is 13.0. The Morgan fingerprint density at radius 1 is 1.11 bits per heavy atom. The van der Waals surface area contributed by atoms with Gasteiger partial charge in [0.1, 0.15) is 0 Å². The number of imidazole rings is 1. The molecule has 5 rings (SSSR count). The quantitative estimate of drug-likeness (QED) is 0.483. The summed E-state index contributed by atoms with van der Waals surface area (Å²) < 4.78 is 27.6. The molecular weight excluding hydrogens is 486 g/mol. The number of aromatic nitrogens is 2. The molecule has 9 heteroatoms. The van der Waals surface area contributed by atoms with Crippen LogP contribution in [0.1, 0.15) is 48.9 Å². The highest BCUT2D eigenvalue weighted by atomic mass is 32.2. The molecule has 1 unspecified atom stereocenters. The summed E-state index contributed by atoms with van der Waals surface area (Å²) in [5, 5.41) is 3.13. The SMILES string of the molecule is CS(=O)(=O)N1Cc2ccc(NC(=O)C3CCCCC3)cc2N(Cc2c[nH]cn2)CC1Cc1ccccc1. The van der Waals surface area contributed by atoms with Gasteiger partial charge in [-0.15, -0.1) is 0 Å². The molecule has 0 bridgehead atoms. The molecule has 1 aliphatic heterocycles. The Kier molecular flexibility index (Phi) is 7.62. The fourth-order valence-electron chi connectivity index (χ4n) is 5.58. The third-order valence-corrected chi connectivity index (χ3v) is 8.76. The molecule has 8 nitrogen and oxygen atoms in total. The Hall–Kier alpha value is -3.17. The van der Waals surface area contributed by atoms with Crippen molar-refractivity contribution in [2.45, 2.75) is 57.7 Å². The van der Waals surface area contributed by atoms with E-state index in [1.165, 1.54) is 12.7 Å².